The van der Waals surface area contributed by atoms with Crippen LogP contribution in [-0.2, 0) is 27.2 Å². The Morgan fingerprint density at radius 2 is 1.41 bits per heavy atom. The van der Waals surface area contributed by atoms with Crippen molar-refractivity contribution in [2.24, 2.45) is 5.92 Å². The number of aliphatic carboxylic acids is 1. The quantitative estimate of drug-likeness (QED) is 0.332. The fraction of sp³-hybridized carbons (Fsp3) is 0.375. The number of benzene rings is 2. The van der Waals surface area contributed by atoms with Crippen molar-refractivity contribution in [3.05, 3.63) is 65.7 Å². The van der Waals surface area contributed by atoms with Crippen molar-refractivity contribution in [2.45, 2.75) is 50.4 Å². The summed E-state index contributed by atoms with van der Waals surface area (Å²) in [7, 11) is 0. The molecule has 0 aliphatic carbocycles. The third-order valence-corrected chi connectivity index (χ3v) is 5.32. The number of carbonyl (C=O) groups excluding carboxylic acids is 2. The molecule has 4 N–H and O–H groups in total. The molecule has 0 aliphatic heterocycles. The van der Waals surface area contributed by atoms with Crippen LogP contribution in [0.1, 0.15) is 31.4 Å². The first-order valence-corrected chi connectivity index (χ1v) is 11.0. The van der Waals surface area contributed by atoms with Crippen molar-refractivity contribution in [1.82, 2.24) is 10.6 Å². The van der Waals surface area contributed by atoms with Crippen molar-refractivity contribution >= 4 is 30.4 Å². The third kappa shape index (κ3) is 8.26. The molecule has 0 radical (unpaired) electrons. The molecule has 2 rings (SSSR count). The number of hydrogen-bond acceptors (Lipinski definition) is 5. The van der Waals surface area contributed by atoms with Crippen LogP contribution in [0.5, 0.6) is 5.75 Å². The monoisotopic (exact) mass is 458 g/mol. The Morgan fingerprint density at radius 1 is 0.844 bits per heavy atom. The zero-order valence-corrected chi connectivity index (χ0v) is 19.1. The molecule has 2 aromatic carbocycles. The molecule has 0 saturated carbocycles. The second-order valence-corrected chi connectivity index (χ2v) is 8.79. The number of rotatable bonds is 11. The SMILES string of the molecule is CC(C)C[C@H](NC(=O)[C@@H](S)Cc1ccccc1)C(=O)N[C@@H](Cc1ccc(O)cc1)C(=O)O. The van der Waals surface area contributed by atoms with E-state index in [4.69, 9.17) is 0 Å². The Morgan fingerprint density at radius 3 is 1.97 bits per heavy atom. The van der Waals surface area contributed by atoms with E-state index in [-0.39, 0.29) is 24.0 Å². The van der Waals surface area contributed by atoms with Crippen molar-refractivity contribution < 1.29 is 24.6 Å². The molecule has 0 aromatic heterocycles. The third-order valence-electron chi connectivity index (χ3n) is 4.91. The van der Waals surface area contributed by atoms with Gasteiger partial charge in [0.05, 0.1) is 5.25 Å². The van der Waals surface area contributed by atoms with Crippen molar-refractivity contribution in [2.75, 3.05) is 0 Å². The Balaban J connectivity index is 2.05. The molecule has 7 nitrogen and oxygen atoms in total. The second-order valence-electron chi connectivity index (χ2n) is 8.17. The van der Waals surface area contributed by atoms with Gasteiger partial charge in [0.2, 0.25) is 11.8 Å². The summed E-state index contributed by atoms with van der Waals surface area (Å²) in [6, 6.07) is 13.5. The lowest BCUT2D eigenvalue weighted by Gasteiger charge is -2.24. The highest BCUT2D eigenvalue weighted by atomic mass is 32.1. The number of carbonyl (C=O) groups is 3. The maximum Gasteiger partial charge on any atom is 0.326 e. The molecule has 0 bridgehead atoms. The van der Waals surface area contributed by atoms with Crippen LogP contribution in [0.3, 0.4) is 0 Å². The van der Waals surface area contributed by atoms with Gasteiger partial charge in [-0.25, -0.2) is 4.79 Å². The van der Waals surface area contributed by atoms with Gasteiger partial charge in [0.25, 0.3) is 0 Å². The van der Waals surface area contributed by atoms with Gasteiger partial charge in [0.15, 0.2) is 0 Å². The van der Waals surface area contributed by atoms with Crippen LogP contribution in [0.4, 0.5) is 0 Å². The minimum absolute atomic E-state index is 0.0485. The zero-order valence-electron chi connectivity index (χ0n) is 18.2. The molecule has 0 spiro atoms. The summed E-state index contributed by atoms with van der Waals surface area (Å²) < 4.78 is 0. The molecule has 0 unspecified atom stereocenters. The zero-order chi connectivity index (χ0) is 23.7. The summed E-state index contributed by atoms with van der Waals surface area (Å²) in [5, 5.41) is 23.6. The Hall–Kier alpha value is -3.00. The number of aromatic hydroxyl groups is 1. The average molecular weight is 459 g/mol. The van der Waals surface area contributed by atoms with Crippen molar-refractivity contribution in [3.63, 3.8) is 0 Å². The van der Waals surface area contributed by atoms with E-state index in [1.807, 2.05) is 44.2 Å². The summed E-state index contributed by atoms with van der Waals surface area (Å²) in [6.07, 6.45) is 0.812. The summed E-state index contributed by atoms with van der Waals surface area (Å²) in [4.78, 5) is 37.3. The lowest BCUT2D eigenvalue weighted by molar-refractivity contribution is -0.142. The number of phenolic OH excluding ortho intramolecular Hbond substituents is 1. The van der Waals surface area contributed by atoms with E-state index in [2.05, 4.69) is 23.3 Å². The number of carboxylic acid groups (broad SMARTS) is 1. The number of amides is 2. The predicted molar refractivity (Wildman–Crippen MR) is 126 cm³/mol. The molecule has 2 amide bonds. The average Bonchev–Trinajstić information content (AvgIpc) is 2.74. The molecule has 0 fully saturated rings. The topological polar surface area (TPSA) is 116 Å². The number of carboxylic acids is 1. The van der Waals surface area contributed by atoms with E-state index in [0.29, 0.717) is 18.4 Å². The number of phenols is 1. The lowest BCUT2D eigenvalue weighted by atomic mass is 10.0. The number of thiol groups is 1. The minimum Gasteiger partial charge on any atom is -0.508 e. The van der Waals surface area contributed by atoms with E-state index in [0.717, 1.165) is 5.56 Å². The van der Waals surface area contributed by atoms with Crippen molar-refractivity contribution in [3.8, 4) is 5.75 Å². The molecule has 0 aliphatic rings. The van der Waals surface area contributed by atoms with E-state index in [1.54, 1.807) is 12.1 Å². The first kappa shape index (κ1) is 25.3. The van der Waals surface area contributed by atoms with Gasteiger partial charge >= 0.3 is 5.97 Å². The summed E-state index contributed by atoms with van der Waals surface area (Å²) in [5.41, 5.74) is 1.60. The standard InChI is InChI=1S/C24H30N2O5S/c1-15(2)12-19(25-23(29)21(32)14-16-6-4-3-5-7-16)22(28)26-20(24(30)31)13-17-8-10-18(27)11-9-17/h3-11,15,19-21,27,32H,12-14H2,1-2H3,(H,25,29)(H,26,28)(H,30,31)/t19-,20-,21-/m0/s1. The van der Waals surface area contributed by atoms with Crippen LogP contribution < -0.4 is 10.6 Å². The Kier molecular flexibility index (Phi) is 9.59. The van der Waals surface area contributed by atoms with Crippen LogP contribution in [-0.4, -0.2) is 45.3 Å². The number of hydrogen-bond donors (Lipinski definition) is 5. The lowest BCUT2D eigenvalue weighted by Crippen LogP contribution is -2.53. The molecule has 0 heterocycles. The van der Waals surface area contributed by atoms with Gasteiger partial charge in [0.1, 0.15) is 17.8 Å². The van der Waals surface area contributed by atoms with E-state index in [9.17, 15) is 24.6 Å². The minimum atomic E-state index is -1.18. The maximum absolute atomic E-state index is 12.9. The summed E-state index contributed by atoms with van der Waals surface area (Å²) in [6.45, 7) is 3.83. The van der Waals surface area contributed by atoms with Crippen LogP contribution in [0, 0.1) is 5.92 Å². The molecule has 0 saturated heterocycles. The van der Waals surface area contributed by atoms with Crippen LogP contribution in [0.15, 0.2) is 54.6 Å². The molecule has 3 atom stereocenters. The maximum atomic E-state index is 12.9. The molecule has 2 aromatic rings. The van der Waals surface area contributed by atoms with Gasteiger partial charge in [-0.2, -0.15) is 12.6 Å². The summed E-state index contributed by atoms with van der Waals surface area (Å²) >= 11 is 4.39. The predicted octanol–water partition coefficient (Wildman–Crippen LogP) is 2.58. The van der Waals surface area contributed by atoms with Gasteiger partial charge < -0.3 is 20.8 Å². The molecule has 32 heavy (non-hydrogen) atoms. The fourth-order valence-electron chi connectivity index (χ4n) is 3.24. The largest absolute Gasteiger partial charge is 0.508 e. The molecular weight excluding hydrogens is 428 g/mol. The van der Waals surface area contributed by atoms with Crippen LogP contribution in [0.2, 0.25) is 0 Å². The Labute approximate surface area is 193 Å². The van der Waals surface area contributed by atoms with Crippen molar-refractivity contribution in [1.29, 1.82) is 0 Å². The fourth-order valence-corrected chi connectivity index (χ4v) is 3.53. The normalized spacial score (nSPS) is 13.8. The second kappa shape index (κ2) is 12.1. The highest BCUT2D eigenvalue weighted by Gasteiger charge is 2.28. The van der Waals surface area contributed by atoms with Gasteiger partial charge in [-0.15, -0.1) is 0 Å². The van der Waals surface area contributed by atoms with Crippen LogP contribution in [0.25, 0.3) is 0 Å². The molecular formula is C24H30N2O5S. The highest BCUT2D eigenvalue weighted by Crippen LogP contribution is 2.13. The van der Waals surface area contributed by atoms with E-state index in [1.165, 1.54) is 12.1 Å². The van der Waals surface area contributed by atoms with E-state index >= 15 is 0 Å². The highest BCUT2D eigenvalue weighted by molar-refractivity contribution is 7.81. The first-order chi connectivity index (χ1) is 15.2. The number of nitrogens with one attached hydrogen (secondary N) is 2. The van der Waals surface area contributed by atoms with E-state index < -0.39 is 29.2 Å². The molecule has 8 heteroatoms. The van der Waals surface area contributed by atoms with Crippen LogP contribution >= 0.6 is 12.6 Å². The van der Waals surface area contributed by atoms with Gasteiger partial charge in [-0.1, -0.05) is 56.3 Å². The summed E-state index contributed by atoms with van der Waals surface area (Å²) in [5.74, 6) is -1.96. The van der Waals surface area contributed by atoms with Gasteiger partial charge in [-0.3, -0.25) is 9.59 Å². The van der Waals surface area contributed by atoms with Gasteiger partial charge in [0, 0.05) is 6.42 Å². The first-order valence-electron chi connectivity index (χ1n) is 10.5. The smallest absolute Gasteiger partial charge is 0.326 e. The van der Waals surface area contributed by atoms with Gasteiger partial charge in [-0.05, 0) is 42.0 Å². The Bertz CT molecular complexity index is 902. The molecule has 172 valence electrons.